The molecule has 0 aliphatic carbocycles. The van der Waals surface area contributed by atoms with Crippen LogP contribution in [0.25, 0.3) is 10.8 Å². The molecule has 0 fully saturated rings. The largest absolute Gasteiger partial charge is 0.290 e. The summed E-state index contributed by atoms with van der Waals surface area (Å²) in [5.41, 5.74) is 6.81. The fourth-order valence-corrected chi connectivity index (χ4v) is 4.72. The van der Waals surface area contributed by atoms with Crippen LogP contribution in [-0.2, 0) is 16.6 Å². The van der Waals surface area contributed by atoms with Crippen LogP contribution in [0.4, 0.5) is 5.69 Å². The number of fused-ring (bicyclic) bond motifs is 1. The number of carbonyl (C=O) groups is 2. The number of aromatic nitrogens is 2. The maximum Gasteiger partial charge on any atom is 0.290 e. The lowest BCUT2D eigenvalue weighted by Gasteiger charge is -2.12. The van der Waals surface area contributed by atoms with Gasteiger partial charge in [-0.3, -0.25) is 30.0 Å². The van der Waals surface area contributed by atoms with Crippen molar-refractivity contribution in [2.75, 3.05) is 4.72 Å². The number of nitrogens with one attached hydrogen (secondary N) is 3. The molecule has 3 aromatic carbocycles. The molecule has 190 valence electrons. The van der Waals surface area contributed by atoms with Gasteiger partial charge in [0.05, 0.1) is 10.3 Å². The van der Waals surface area contributed by atoms with Gasteiger partial charge in [0.2, 0.25) is 0 Å². The number of nitrogens with zero attached hydrogens (tertiary/aromatic N) is 2. The first-order valence-corrected chi connectivity index (χ1v) is 12.9. The monoisotopic (exact) mass is 519 g/mol. The lowest BCUT2D eigenvalue weighted by atomic mass is 10.1. The van der Waals surface area contributed by atoms with E-state index in [1.165, 1.54) is 28.9 Å². The molecule has 0 saturated heterocycles. The Hall–Kier alpha value is -4.51. The quantitative estimate of drug-likeness (QED) is 0.335. The first kappa shape index (κ1) is 25.6. The Bertz CT molecular complexity index is 1680. The van der Waals surface area contributed by atoms with Crippen LogP contribution in [0.2, 0.25) is 0 Å². The van der Waals surface area contributed by atoms with Crippen molar-refractivity contribution in [2.24, 2.45) is 0 Å². The molecule has 0 spiro atoms. The highest BCUT2D eigenvalue weighted by Crippen LogP contribution is 2.19. The smallest absolute Gasteiger partial charge is 0.280 e. The van der Waals surface area contributed by atoms with E-state index in [1.54, 1.807) is 43.3 Å². The standard InChI is InChI=1S/C26H25N5O5S/c1-4-31-26(34)22-8-6-5-7-21(22)23(29-31)25(33)28-27-24(32)18-10-13-20(14-11-18)37(35,36)30-19-12-9-16(2)17(3)15-19/h5-15,30H,4H2,1-3H3,(H,27,32)(H,28,33). The van der Waals surface area contributed by atoms with Gasteiger partial charge in [0.25, 0.3) is 27.4 Å². The first-order valence-electron chi connectivity index (χ1n) is 11.4. The Morgan fingerprint density at radius 3 is 2.16 bits per heavy atom. The molecule has 0 atom stereocenters. The molecule has 0 saturated carbocycles. The second kappa shape index (κ2) is 10.2. The van der Waals surface area contributed by atoms with Crippen LogP contribution < -0.4 is 21.1 Å². The van der Waals surface area contributed by atoms with Crippen LogP contribution in [0.15, 0.2) is 76.4 Å². The number of carbonyl (C=O) groups excluding carboxylic acids is 2. The topological polar surface area (TPSA) is 139 Å². The maximum absolute atomic E-state index is 12.8. The Kier molecular flexibility index (Phi) is 7.07. The number of sulfonamides is 1. The summed E-state index contributed by atoms with van der Waals surface area (Å²) in [5, 5.41) is 4.81. The average molecular weight is 520 g/mol. The van der Waals surface area contributed by atoms with E-state index < -0.39 is 21.8 Å². The minimum Gasteiger partial charge on any atom is -0.280 e. The third-order valence-corrected chi connectivity index (χ3v) is 7.26. The molecule has 10 nitrogen and oxygen atoms in total. The average Bonchev–Trinajstić information content (AvgIpc) is 2.89. The van der Waals surface area contributed by atoms with E-state index in [-0.39, 0.29) is 28.3 Å². The Morgan fingerprint density at radius 1 is 0.865 bits per heavy atom. The van der Waals surface area contributed by atoms with Crippen LogP contribution >= 0.6 is 0 Å². The Morgan fingerprint density at radius 2 is 1.51 bits per heavy atom. The molecule has 0 aliphatic heterocycles. The summed E-state index contributed by atoms with van der Waals surface area (Å²) in [6, 6.07) is 17.1. The SMILES string of the molecule is CCn1nc(C(=O)NNC(=O)c2ccc(S(=O)(=O)Nc3ccc(C)c(C)c3)cc2)c2ccccc2c1=O. The number of aryl methyl sites for hydroxylation is 3. The predicted octanol–water partition coefficient (Wildman–Crippen LogP) is 2.91. The van der Waals surface area contributed by atoms with Gasteiger partial charge in [-0.15, -0.1) is 0 Å². The fraction of sp³-hybridized carbons (Fsp3) is 0.154. The summed E-state index contributed by atoms with van der Waals surface area (Å²) in [5.74, 6) is -1.36. The summed E-state index contributed by atoms with van der Waals surface area (Å²) in [6.45, 7) is 5.82. The van der Waals surface area contributed by atoms with E-state index in [9.17, 15) is 22.8 Å². The van der Waals surface area contributed by atoms with Gasteiger partial charge in [-0.2, -0.15) is 5.10 Å². The second-order valence-corrected chi connectivity index (χ2v) is 10.0. The number of amides is 2. The molecule has 1 aromatic heterocycles. The highest BCUT2D eigenvalue weighted by atomic mass is 32.2. The molecule has 4 rings (SSSR count). The molecule has 0 radical (unpaired) electrons. The van der Waals surface area contributed by atoms with Crippen LogP contribution in [0.1, 0.15) is 38.9 Å². The lowest BCUT2D eigenvalue weighted by molar-refractivity contribution is 0.0843. The highest BCUT2D eigenvalue weighted by molar-refractivity contribution is 7.92. The summed E-state index contributed by atoms with van der Waals surface area (Å²) in [6.07, 6.45) is 0. The molecular weight excluding hydrogens is 494 g/mol. The number of benzene rings is 3. The normalized spacial score (nSPS) is 11.2. The predicted molar refractivity (Wildman–Crippen MR) is 140 cm³/mol. The summed E-state index contributed by atoms with van der Waals surface area (Å²) < 4.78 is 29.2. The van der Waals surface area contributed by atoms with Crippen LogP contribution in [0.3, 0.4) is 0 Å². The molecule has 0 aliphatic rings. The van der Waals surface area contributed by atoms with E-state index in [2.05, 4.69) is 20.7 Å². The fourth-order valence-electron chi connectivity index (χ4n) is 3.67. The number of anilines is 1. The van der Waals surface area contributed by atoms with Gasteiger partial charge in [-0.25, -0.2) is 13.1 Å². The number of hydrogen-bond acceptors (Lipinski definition) is 6. The maximum atomic E-state index is 12.8. The van der Waals surface area contributed by atoms with Gasteiger partial charge >= 0.3 is 0 Å². The summed E-state index contributed by atoms with van der Waals surface area (Å²) in [7, 11) is -3.87. The molecule has 37 heavy (non-hydrogen) atoms. The molecule has 0 unspecified atom stereocenters. The van der Waals surface area contributed by atoms with Crippen molar-refractivity contribution in [3.05, 3.63) is 99.5 Å². The number of hydrazine groups is 1. The highest BCUT2D eigenvalue weighted by Gasteiger charge is 2.18. The molecule has 2 amide bonds. The molecular formula is C26H25N5O5S. The summed E-state index contributed by atoms with van der Waals surface area (Å²) >= 11 is 0. The molecule has 11 heteroatoms. The van der Waals surface area contributed by atoms with E-state index in [0.717, 1.165) is 11.1 Å². The van der Waals surface area contributed by atoms with Gasteiger partial charge in [-0.1, -0.05) is 24.3 Å². The molecule has 1 heterocycles. The minimum absolute atomic E-state index is 0.0174. The van der Waals surface area contributed by atoms with Crippen molar-refractivity contribution in [1.29, 1.82) is 0 Å². The van der Waals surface area contributed by atoms with Crippen LogP contribution in [-0.4, -0.2) is 30.0 Å². The third-order valence-electron chi connectivity index (χ3n) is 5.86. The number of rotatable bonds is 6. The molecule has 3 N–H and O–H groups in total. The lowest BCUT2D eigenvalue weighted by Crippen LogP contribution is -2.42. The molecule has 0 bridgehead atoms. The van der Waals surface area contributed by atoms with Crippen molar-refractivity contribution in [3.8, 4) is 0 Å². The van der Waals surface area contributed by atoms with Crippen molar-refractivity contribution < 1.29 is 18.0 Å². The number of hydrogen-bond donors (Lipinski definition) is 3. The third kappa shape index (κ3) is 5.36. The van der Waals surface area contributed by atoms with Crippen LogP contribution in [0, 0.1) is 13.8 Å². The summed E-state index contributed by atoms with van der Waals surface area (Å²) in [4.78, 5) is 37.8. The zero-order valence-electron chi connectivity index (χ0n) is 20.4. The van der Waals surface area contributed by atoms with Gasteiger partial charge < -0.3 is 0 Å². The van der Waals surface area contributed by atoms with E-state index >= 15 is 0 Å². The van der Waals surface area contributed by atoms with Gasteiger partial charge in [0.15, 0.2) is 5.69 Å². The zero-order chi connectivity index (χ0) is 26.7. The molecule has 4 aromatic rings. The van der Waals surface area contributed by atoms with Crippen molar-refractivity contribution in [1.82, 2.24) is 20.6 Å². The van der Waals surface area contributed by atoms with E-state index in [1.807, 2.05) is 19.9 Å². The Balaban J connectivity index is 1.47. The zero-order valence-corrected chi connectivity index (χ0v) is 21.2. The Labute approximate surface area is 213 Å². The van der Waals surface area contributed by atoms with Gasteiger partial charge in [0, 0.05) is 23.2 Å². The first-order chi connectivity index (χ1) is 17.6. The van der Waals surface area contributed by atoms with Crippen LogP contribution in [0.5, 0.6) is 0 Å². The van der Waals surface area contributed by atoms with Crippen molar-refractivity contribution in [3.63, 3.8) is 0 Å². The van der Waals surface area contributed by atoms with E-state index in [4.69, 9.17) is 0 Å². The van der Waals surface area contributed by atoms with Gasteiger partial charge in [0.1, 0.15) is 0 Å². The van der Waals surface area contributed by atoms with Crippen molar-refractivity contribution >= 4 is 38.3 Å². The van der Waals surface area contributed by atoms with Gasteiger partial charge in [-0.05, 0) is 74.4 Å². The minimum atomic E-state index is -3.87. The van der Waals surface area contributed by atoms with E-state index in [0.29, 0.717) is 16.5 Å². The van der Waals surface area contributed by atoms with Crippen molar-refractivity contribution in [2.45, 2.75) is 32.2 Å². The second-order valence-electron chi connectivity index (χ2n) is 8.35.